The predicted molar refractivity (Wildman–Crippen MR) is 146 cm³/mol. The van der Waals surface area contributed by atoms with Crippen molar-refractivity contribution in [2.45, 2.75) is 6.04 Å². The summed E-state index contributed by atoms with van der Waals surface area (Å²) in [5.41, 5.74) is 2.09. The number of hydrogen-bond donors (Lipinski definition) is 2. The van der Waals surface area contributed by atoms with Gasteiger partial charge in [-0.15, -0.1) is 0 Å². The lowest BCUT2D eigenvalue weighted by Crippen LogP contribution is -2.30. The van der Waals surface area contributed by atoms with Crippen LogP contribution in [0.3, 0.4) is 0 Å². The molecule has 3 aromatic carbocycles. The number of aliphatic hydroxyl groups is 1. The fourth-order valence-electron chi connectivity index (χ4n) is 4.59. The molecule has 5 rings (SSSR count). The molecule has 1 saturated heterocycles. The van der Waals surface area contributed by atoms with E-state index in [0.29, 0.717) is 16.6 Å². The Labute approximate surface area is 228 Å². The van der Waals surface area contributed by atoms with Gasteiger partial charge in [-0.1, -0.05) is 23.7 Å². The van der Waals surface area contributed by atoms with Gasteiger partial charge in [0.2, 0.25) is 5.95 Å². The van der Waals surface area contributed by atoms with Crippen molar-refractivity contribution in [2.24, 2.45) is 0 Å². The summed E-state index contributed by atoms with van der Waals surface area (Å²) >= 11 is 6.24. The number of aromatic nitrogens is 2. The topological polar surface area (TPSA) is 108 Å². The van der Waals surface area contributed by atoms with Crippen molar-refractivity contribution < 1.29 is 28.6 Å². The number of nitrogens with zero attached hydrogens (tertiary/aromatic N) is 3. The molecule has 1 unspecified atom stereocenters. The Morgan fingerprint density at radius 1 is 1.05 bits per heavy atom. The van der Waals surface area contributed by atoms with Crippen LogP contribution in [0.2, 0.25) is 5.02 Å². The molecule has 1 amide bonds. The van der Waals surface area contributed by atoms with Gasteiger partial charge in [0.1, 0.15) is 23.1 Å². The van der Waals surface area contributed by atoms with Gasteiger partial charge < -0.3 is 24.5 Å². The fraction of sp³-hybridized carbons (Fsp3) is 0.179. The molecule has 0 saturated carbocycles. The van der Waals surface area contributed by atoms with E-state index in [4.69, 9.17) is 21.1 Å². The minimum Gasteiger partial charge on any atom is -0.507 e. The molecule has 0 spiro atoms. The molecule has 2 heterocycles. The SMILES string of the molecule is COc1cc(/C(O)=C2\C(=O)C(=O)N(c3nc4ccc(F)cc4[nH]3)C2c2ccc(N(C)C)cc2)c(OC)cc1Cl. The van der Waals surface area contributed by atoms with E-state index >= 15 is 0 Å². The number of ketones is 1. The monoisotopic (exact) mass is 550 g/mol. The zero-order valence-corrected chi connectivity index (χ0v) is 22.2. The van der Waals surface area contributed by atoms with Crippen LogP contribution in [0, 0.1) is 5.82 Å². The van der Waals surface area contributed by atoms with Gasteiger partial charge in [-0.25, -0.2) is 9.37 Å². The second kappa shape index (κ2) is 9.95. The van der Waals surface area contributed by atoms with Crippen molar-refractivity contribution in [1.29, 1.82) is 0 Å². The molecule has 0 radical (unpaired) electrons. The average Bonchev–Trinajstić information content (AvgIpc) is 3.45. The van der Waals surface area contributed by atoms with Crippen LogP contribution in [-0.4, -0.2) is 55.1 Å². The van der Waals surface area contributed by atoms with Gasteiger partial charge in [-0.3, -0.25) is 14.5 Å². The highest BCUT2D eigenvalue weighted by molar-refractivity contribution is 6.51. The zero-order chi connectivity index (χ0) is 28.0. The minimum atomic E-state index is -1.07. The molecule has 0 aliphatic carbocycles. The number of carbonyl (C=O) groups is 2. The van der Waals surface area contributed by atoms with Crippen molar-refractivity contribution in [3.63, 3.8) is 0 Å². The van der Waals surface area contributed by atoms with E-state index in [1.807, 2.05) is 31.1 Å². The first kappa shape index (κ1) is 26.1. The third-order valence-electron chi connectivity index (χ3n) is 6.56. The third-order valence-corrected chi connectivity index (χ3v) is 6.85. The molecular formula is C28H24ClFN4O5. The average molecular weight is 551 g/mol. The molecule has 0 bridgehead atoms. The molecule has 1 aromatic heterocycles. The number of ether oxygens (including phenoxy) is 2. The van der Waals surface area contributed by atoms with E-state index in [0.717, 1.165) is 10.6 Å². The number of aromatic amines is 1. The van der Waals surface area contributed by atoms with E-state index in [9.17, 15) is 19.1 Å². The first-order valence-corrected chi connectivity index (χ1v) is 12.2. The number of nitrogens with one attached hydrogen (secondary N) is 1. The number of Topliss-reactive ketones (excluding diaryl/α,β-unsaturated/α-hetero) is 1. The summed E-state index contributed by atoms with van der Waals surface area (Å²) in [6.45, 7) is 0. The Hall–Kier alpha value is -4.57. The molecule has 2 N–H and O–H groups in total. The largest absolute Gasteiger partial charge is 0.507 e. The van der Waals surface area contributed by atoms with Crippen molar-refractivity contribution in [1.82, 2.24) is 9.97 Å². The van der Waals surface area contributed by atoms with Crippen LogP contribution in [-0.2, 0) is 9.59 Å². The summed E-state index contributed by atoms with van der Waals surface area (Å²) < 4.78 is 24.6. The third kappa shape index (κ3) is 4.42. The molecule has 11 heteroatoms. The molecule has 1 aliphatic heterocycles. The summed E-state index contributed by atoms with van der Waals surface area (Å²) in [7, 11) is 6.56. The normalized spacial score (nSPS) is 16.7. The summed E-state index contributed by atoms with van der Waals surface area (Å²) in [4.78, 5) is 37.5. The van der Waals surface area contributed by atoms with Crippen LogP contribution in [0.5, 0.6) is 11.5 Å². The number of hydrogen-bond acceptors (Lipinski definition) is 7. The van der Waals surface area contributed by atoms with Gasteiger partial charge in [0.05, 0.1) is 47.5 Å². The van der Waals surface area contributed by atoms with Gasteiger partial charge in [0.25, 0.3) is 5.78 Å². The predicted octanol–water partition coefficient (Wildman–Crippen LogP) is 5.06. The van der Waals surface area contributed by atoms with Crippen LogP contribution in [0.25, 0.3) is 16.8 Å². The second-order valence-electron chi connectivity index (χ2n) is 9.06. The van der Waals surface area contributed by atoms with Crippen LogP contribution in [0.15, 0.2) is 60.2 Å². The van der Waals surface area contributed by atoms with Gasteiger partial charge in [0.15, 0.2) is 0 Å². The van der Waals surface area contributed by atoms with Crippen molar-refractivity contribution >= 4 is 51.7 Å². The number of aliphatic hydroxyl groups excluding tert-OH is 1. The second-order valence-corrected chi connectivity index (χ2v) is 9.47. The summed E-state index contributed by atoms with van der Waals surface area (Å²) in [6.07, 6.45) is 0. The van der Waals surface area contributed by atoms with Crippen LogP contribution < -0.4 is 19.3 Å². The van der Waals surface area contributed by atoms with E-state index in [-0.39, 0.29) is 33.6 Å². The highest BCUT2D eigenvalue weighted by atomic mass is 35.5. The Balaban J connectivity index is 1.76. The molecule has 200 valence electrons. The maximum Gasteiger partial charge on any atom is 0.302 e. The van der Waals surface area contributed by atoms with E-state index < -0.39 is 29.3 Å². The number of H-pyrrole nitrogens is 1. The van der Waals surface area contributed by atoms with Crippen molar-refractivity contribution in [3.8, 4) is 11.5 Å². The first-order valence-electron chi connectivity index (χ1n) is 11.8. The van der Waals surface area contributed by atoms with Crippen LogP contribution >= 0.6 is 11.6 Å². The number of methoxy groups -OCH3 is 2. The number of imidazole rings is 1. The van der Waals surface area contributed by atoms with Crippen molar-refractivity contribution in [2.75, 3.05) is 38.1 Å². The maximum atomic E-state index is 13.9. The number of rotatable bonds is 6. The Morgan fingerprint density at radius 2 is 1.74 bits per heavy atom. The lowest BCUT2D eigenvalue weighted by Gasteiger charge is -2.24. The Bertz CT molecular complexity index is 1650. The highest BCUT2D eigenvalue weighted by Crippen LogP contribution is 2.44. The fourth-order valence-corrected chi connectivity index (χ4v) is 4.83. The quantitative estimate of drug-likeness (QED) is 0.196. The van der Waals surface area contributed by atoms with Gasteiger partial charge >= 0.3 is 5.91 Å². The number of halogens is 2. The van der Waals surface area contributed by atoms with E-state index in [2.05, 4.69) is 9.97 Å². The molecule has 4 aromatic rings. The van der Waals surface area contributed by atoms with Crippen LogP contribution in [0.1, 0.15) is 17.2 Å². The maximum absolute atomic E-state index is 13.9. The summed E-state index contributed by atoms with van der Waals surface area (Å²) in [5.74, 6) is -2.38. The van der Waals surface area contributed by atoms with Gasteiger partial charge in [-0.2, -0.15) is 0 Å². The molecule has 1 atom stereocenters. The lowest BCUT2D eigenvalue weighted by atomic mass is 9.94. The smallest absolute Gasteiger partial charge is 0.302 e. The molecule has 1 fully saturated rings. The van der Waals surface area contributed by atoms with E-state index in [1.54, 1.807) is 12.1 Å². The summed E-state index contributed by atoms with van der Waals surface area (Å²) in [5, 5.41) is 11.8. The molecular weight excluding hydrogens is 527 g/mol. The van der Waals surface area contributed by atoms with Crippen molar-refractivity contribution in [3.05, 3.63) is 82.1 Å². The first-order chi connectivity index (χ1) is 18.6. The van der Waals surface area contributed by atoms with E-state index in [1.165, 1.54) is 44.6 Å². The number of anilines is 2. The van der Waals surface area contributed by atoms with Gasteiger partial charge in [0, 0.05) is 25.8 Å². The summed E-state index contributed by atoms with van der Waals surface area (Å²) in [6, 6.07) is 12.9. The minimum absolute atomic E-state index is 0.0269. The number of fused-ring (bicyclic) bond motifs is 1. The zero-order valence-electron chi connectivity index (χ0n) is 21.5. The number of carbonyl (C=O) groups excluding carboxylic acids is 2. The Kier molecular flexibility index (Phi) is 6.65. The highest BCUT2D eigenvalue weighted by Gasteiger charge is 2.48. The standard InChI is InChI=1S/C28H24ClFN4O5/c1-33(2)16-8-5-14(6-9-16)24-23(25(35)17-12-22(39-4)18(29)13-21(17)38-3)26(36)27(37)34(24)28-31-19-10-7-15(30)11-20(19)32-28/h5-13,24,35H,1-4H3,(H,31,32)/b25-23+. The molecule has 9 nitrogen and oxygen atoms in total. The lowest BCUT2D eigenvalue weighted by molar-refractivity contribution is -0.132. The number of amides is 1. The van der Waals surface area contributed by atoms with Gasteiger partial charge in [-0.05, 0) is 42.0 Å². The Morgan fingerprint density at radius 3 is 2.38 bits per heavy atom. The molecule has 1 aliphatic rings. The molecule has 39 heavy (non-hydrogen) atoms. The number of benzene rings is 3. The van der Waals surface area contributed by atoms with Crippen LogP contribution in [0.4, 0.5) is 16.0 Å².